The highest BCUT2D eigenvalue weighted by molar-refractivity contribution is 7.46. The fourth-order valence-electron chi connectivity index (χ4n) is 1.84. The third kappa shape index (κ3) is 4.78. The second kappa shape index (κ2) is 6.85. The lowest BCUT2D eigenvalue weighted by Gasteiger charge is -2.07. The van der Waals surface area contributed by atoms with Crippen LogP contribution in [0.2, 0.25) is 0 Å². The number of hydrogen-bond acceptors (Lipinski definition) is 6. The predicted molar refractivity (Wildman–Crippen MR) is 75.1 cm³/mol. The van der Waals surface area contributed by atoms with Gasteiger partial charge in [-0.1, -0.05) is 18.2 Å². The van der Waals surface area contributed by atoms with E-state index in [1.807, 2.05) is 0 Å². The molecule has 0 unspecified atom stereocenters. The minimum Gasteiger partial charge on any atom is -0.463 e. The van der Waals surface area contributed by atoms with E-state index in [0.717, 1.165) is 0 Å². The summed E-state index contributed by atoms with van der Waals surface area (Å²) in [5.74, 6) is -0.648. The lowest BCUT2D eigenvalue weighted by Crippen LogP contribution is -2.13. The zero-order chi connectivity index (χ0) is 16.2. The van der Waals surface area contributed by atoms with Crippen molar-refractivity contribution in [3.63, 3.8) is 0 Å². The van der Waals surface area contributed by atoms with Gasteiger partial charge in [0.2, 0.25) is 0 Å². The lowest BCUT2D eigenvalue weighted by atomic mass is 10.1. The van der Waals surface area contributed by atoms with E-state index in [9.17, 15) is 14.2 Å². The molecule has 8 nitrogen and oxygen atoms in total. The van der Waals surface area contributed by atoms with Crippen molar-refractivity contribution in [3.05, 3.63) is 46.3 Å². The van der Waals surface area contributed by atoms with Crippen LogP contribution in [0.25, 0.3) is 11.0 Å². The molecule has 2 aromatic rings. The van der Waals surface area contributed by atoms with Crippen LogP contribution in [-0.4, -0.2) is 29.0 Å². The van der Waals surface area contributed by atoms with Crippen LogP contribution in [0.15, 0.2) is 39.5 Å². The number of rotatable bonds is 6. The van der Waals surface area contributed by atoms with Crippen LogP contribution in [0.5, 0.6) is 0 Å². The molecule has 9 heteroatoms. The molecule has 22 heavy (non-hydrogen) atoms. The van der Waals surface area contributed by atoms with Crippen LogP contribution >= 0.6 is 7.82 Å². The highest BCUT2D eigenvalue weighted by Crippen LogP contribution is 2.35. The maximum atomic E-state index is 11.7. The second-order valence-electron chi connectivity index (χ2n) is 4.31. The van der Waals surface area contributed by atoms with Gasteiger partial charge in [-0.2, -0.15) is 0 Å². The summed E-state index contributed by atoms with van der Waals surface area (Å²) < 4.78 is 24.4. The standard InChI is InChI=1S/C13H13O8P/c14-12(19-5-6-20-22(16,17)18)7-9-8-13(15)21-11-4-2-1-3-10(9)11/h1-4,8H,5-7H2,(H2,16,17,18). The molecular formula is C13H13O8P. The van der Waals surface area contributed by atoms with Gasteiger partial charge in [0.25, 0.3) is 0 Å². The van der Waals surface area contributed by atoms with Crippen molar-refractivity contribution >= 4 is 24.8 Å². The van der Waals surface area contributed by atoms with Crippen molar-refractivity contribution in [2.24, 2.45) is 0 Å². The monoisotopic (exact) mass is 328 g/mol. The van der Waals surface area contributed by atoms with Crippen molar-refractivity contribution in [3.8, 4) is 0 Å². The van der Waals surface area contributed by atoms with Crippen LogP contribution in [0.3, 0.4) is 0 Å². The normalized spacial score (nSPS) is 11.5. The van der Waals surface area contributed by atoms with Gasteiger partial charge in [0.05, 0.1) is 13.0 Å². The molecule has 0 spiro atoms. The van der Waals surface area contributed by atoms with Gasteiger partial charge in [0, 0.05) is 11.5 Å². The van der Waals surface area contributed by atoms with Gasteiger partial charge < -0.3 is 18.9 Å². The number of ether oxygens (including phenoxy) is 1. The Labute approximate surface area is 124 Å². The molecule has 2 rings (SSSR count). The molecule has 118 valence electrons. The zero-order valence-electron chi connectivity index (χ0n) is 11.3. The third-order valence-electron chi connectivity index (χ3n) is 2.68. The van der Waals surface area contributed by atoms with E-state index in [0.29, 0.717) is 16.5 Å². The molecule has 0 aliphatic carbocycles. The topological polar surface area (TPSA) is 123 Å². The average molecular weight is 328 g/mol. The summed E-state index contributed by atoms with van der Waals surface area (Å²) in [6, 6.07) is 7.96. The summed E-state index contributed by atoms with van der Waals surface area (Å²) >= 11 is 0. The Bertz CT molecular complexity index is 775. The molecule has 0 radical (unpaired) electrons. The molecular weight excluding hydrogens is 315 g/mol. The van der Waals surface area contributed by atoms with E-state index in [2.05, 4.69) is 4.52 Å². The first-order valence-corrected chi connectivity index (χ1v) is 7.76. The first-order chi connectivity index (χ1) is 10.3. The molecule has 0 fully saturated rings. The van der Waals surface area contributed by atoms with Gasteiger partial charge >= 0.3 is 19.4 Å². The minimum absolute atomic E-state index is 0.165. The molecule has 2 N–H and O–H groups in total. The van der Waals surface area contributed by atoms with Crippen molar-refractivity contribution in [1.82, 2.24) is 0 Å². The van der Waals surface area contributed by atoms with Crippen molar-refractivity contribution in [2.75, 3.05) is 13.2 Å². The van der Waals surface area contributed by atoms with Crippen molar-refractivity contribution < 1.29 is 32.8 Å². The Balaban J connectivity index is 2.00. The van der Waals surface area contributed by atoms with Gasteiger partial charge in [0.1, 0.15) is 12.2 Å². The molecule has 0 aliphatic rings. The summed E-state index contributed by atoms with van der Waals surface area (Å²) in [5.41, 5.74) is 0.238. The number of esters is 1. The van der Waals surface area contributed by atoms with E-state index < -0.39 is 26.0 Å². The molecule has 0 bridgehead atoms. The molecule has 1 aromatic carbocycles. The molecule has 1 heterocycles. The van der Waals surface area contributed by atoms with Crippen LogP contribution in [0, 0.1) is 0 Å². The Morgan fingerprint density at radius 1 is 1.23 bits per heavy atom. The summed E-state index contributed by atoms with van der Waals surface area (Å²) in [6.45, 7) is -0.725. The molecule has 0 saturated carbocycles. The van der Waals surface area contributed by atoms with E-state index >= 15 is 0 Å². The maximum Gasteiger partial charge on any atom is 0.469 e. The van der Waals surface area contributed by atoms with Crippen LogP contribution in [0.4, 0.5) is 0 Å². The largest absolute Gasteiger partial charge is 0.469 e. The van der Waals surface area contributed by atoms with Crippen molar-refractivity contribution in [1.29, 1.82) is 0 Å². The second-order valence-corrected chi connectivity index (χ2v) is 5.55. The van der Waals surface area contributed by atoms with Crippen LogP contribution in [-0.2, 0) is 25.0 Å². The molecule has 0 atom stereocenters. The number of fused-ring (bicyclic) bond motifs is 1. The number of hydrogen-bond donors (Lipinski definition) is 2. The maximum absolute atomic E-state index is 11.7. The molecule has 0 amide bonds. The van der Waals surface area contributed by atoms with Crippen LogP contribution < -0.4 is 5.63 Å². The highest BCUT2D eigenvalue weighted by atomic mass is 31.2. The van der Waals surface area contributed by atoms with Gasteiger partial charge in [0.15, 0.2) is 0 Å². The first kappa shape index (κ1) is 16.4. The lowest BCUT2D eigenvalue weighted by molar-refractivity contribution is -0.143. The number of phosphoric acid groups is 1. The summed E-state index contributed by atoms with van der Waals surface area (Å²) in [7, 11) is -4.58. The van der Waals surface area contributed by atoms with E-state index in [1.165, 1.54) is 6.07 Å². The summed E-state index contributed by atoms with van der Waals surface area (Å²) in [4.78, 5) is 40.1. The summed E-state index contributed by atoms with van der Waals surface area (Å²) in [5, 5.41) is 0.616. The Hall–Kier alpha value is -1.99. The molecule has 0 saturated heterocycles. The minimum atomic E-state index is -4.58. The Kier molecular flexibility index (Phi) is 5.10. The highest BCUT2D eigenvalue weighted by Gasteiger charge is 2.14. The van der Waals surface area contributed by atoms with E-state index in [-0.39, 0.29) is 13.0 Å². The van der Waals surface area contributed by atoms with Gasteiger partial charge in [-0.05, 0) is 11.6 Å². The fraction of sp³-hybridized carbons (Fsp3) is 0.231. The van der Waals surface area contributed by atoms with Gasteiger partial charge in [-0.15, -0.1) is 0 Å². The van der Waals surface area contributed by atoms with Crippen molar-refractivity contribution in [2.45, 2.75) is 6.42 Å². The SMILES string of the molecule is O=C(Cc1cc(=O)oc2ccccc12)OCCOP(=O)(O)O. The average Bonchev–Trinajstić information content (AvgIpc) is 2.42. The smallest absolute Gasteiger partial charge is 0.463 e. The molecule has 0 aliphatic heterocycles. The number of carbonyl (C=O) groups is 1. The number of benzene rings is 1. The van der Waals surface area contributed by atoms with E-state index in [1.54, 1.807) is 24.3 Å². The predicted octanol–water partition coefficient (Wildman–Crippen LogP) is 0.988. The van der Waals surface area contributed by atoms with Crippen LogP contribution in [0.1, 0.15) is 5.56 Å². The zero-order valence-corrected chi connectivity index (χ0v) is 12.2. The Morgan fingerprint density at radius 3 is 2.68 bits per heavy atom. The van der Waals surface area contributed by atoms with Gasteiger partial charge in [-0.25, -0.2) is 9.36 Å². The number of carbonyl (C=O) groups excluding carboxylic acids is 1. The Morgan fingerprint density at radius 2 is 1.95 bits per heavy atom. The first-order valence-electron chi connectivity index (χ1n) is 6.22. The number of phosphoric ester groups is 1. The van der Waals surface area contributed by atoms with E-state index in [4.69, 9.17) is 18.9 Å². The fourth-order valence-corrected chi connectivity index (χ4v) is 2.16. The number of para-hydroxylation sites is 1. The van der Waals surface area contributed by atoms with Gasteiger partial charge in [-0.3, -0.25) is 9.32 Å². The molecule has 1 aromatic heterocycles. The quantitative estimate of drug-likeness (QED) is 0.348. The third-order valence-corrected chi connectivity index (χ3v) is 3.20. The summed E-state index contributed by atoms with van der Waals surface area (Å²) in [6.07, 6.45) is -0.165.